The number of amides is 3. The van der Waals surface area contributed by atoms with Gasteiger partial charge in [-0.2, -0.15) is 0 Å². The fourth-order valence-electron chi connectivity index (χ4n) is 0.957. The van der Waals surface area contributed by atoms with E-state index in [0.717, 1.165) is 4.90 Å². The number of nitrogens with one attached hydrogen (secondary N) is 1. The monoisotopic (exact) mass is 186 g/mol. The molecule has 13 heavy (non-hydrogen) atoms. The minimum atomic E-state index is -0.857. The molecule has 0 aromatic rings. The van der Waals surface area contributed by atoms with Gasteiger partial charge in [-0.3, -0.25) is 9.59 Å². The molecule has 0 saturated carbocycles. The number of hydrogen-bond donors (Lipinski definition) is 1. The molecule has 6 nitrogen and oxygen atoms in total. The molecule has 3 amide bonds. The number of rotatable bonds is 1. The summed E-state index contributed by atoms with van der Waals surface area (Å²) in [5.41, 5.74) is 0. The summed E-state index contributed by atoms with van der Waals surface area (Å²) in [6.07, 6.45) is -0.762. The molecule has 6 heteroatoms. The normalized spacial score (nSPS) is 16.8. The third-order valence-electron chi connectivity index (χ3n) is 1.55. The molecule has 0 spiro atoms. The number of piperazine rings is 1. The van der Waals surface area contributed by atoms with Gasteiger partial charge in [-0.15, -0.1) is 0 Å². The largest absolute Gasteiger partial charge is 0.449 e. The van der Waals surface area contributed by atoms with Crippen LogP contribution < -0.4 is 5.32 Å². The van der Waals surface area contributed by atoms with Crippen molar-refractivity contribution in [3.63, 3.8) is 0 Å². The Hall–Kier alpha value is -1.59. The van der Waals surface area contributed by atoms with E-state index in [1.165, 1.54) is 0 Å². The van der Waals surface area contributed by atoms with Crippen LogP contribution in [-0.4, -0.2) is 42.5 Å². The zero-order valence-electron chi connectivity index (χ0n) is 7.20. The molecular formula is C7H10N2O4. The quantitative estimate of drug-likeness (QED) is 0.538. The van der Waals surface area contributed by atoms with E-state index >= 15 is 0 Å². The molecule has 1 heterocycles. The molecule has 1 fully saturated rings. The molecule has 0 unspecified atom stereocenters. The van der Waals surface area contributed by atoms with E-state index in [0.29, 0.717) is 0 Å². The van der Waals surface area contributed by atoms with Crippen molar-refractivity contribution >= 4 is 17.9 Å². The minimum absolute atomic E-state index is 0.170. The second-order valence-corrected chi connectivity index (χ2v) is 2.41. The van der Waals surface area contributed by atoms with Crippen molar-refractivity contribution < 1.29 is 19.1 Å². The van der Waals surface area contributed by atoms with E-state index in [2.05, 4.69) is 10.1 Å². The third-order valence-corrected chi connectivity index (χ3v) is 1.55. The number of carbonyl (C=O) groups is 3. The highest BCUT2D eigenvalue weighted by molar-refractivity contribution is 6.37. The van der Waals surface area contributed by atoms with Crippen LogP contribution in [0.5, 0.6) is 0 Å². The molecule has 1 aliphatic heterocycles. The molecule has 0 aromatic carbocycles. The zero-order valence-corrected chi connectivity index (χ0v) is 7.20. The first-order valence-corrected chi connectivity index (χ1v) is 3.93. The van der Waals surface area contributed by atoms with Crippen LogP contribution in [0.3, 0.4) is 0 Å². The van der Waals surface area contributed by atoms with E-state index in [9.17, 15) is 14.4 Å². The number of imide groups is 1. The Kier molecular flexibility index (Phi) is 2.84. The van der Waals surface area contributed by atoms with Crippen molar-refractivity contribution in [3.8, 4) is 0 Å². The van der Waals surface area contributed by atoms with Crippen LogP contribution in [0, 0.1) is 0 Å². The van der Waals surface area contributed by atoms with Crippen LogP contribution in [0.2, 0.25) is 0 Å². The summed E-state index contributed by atoms with van der Waals surface area (Å²) >= 11 is 0. The lowest BCUT2D eigenvalue weighted by Crippen LogP contribution is -2.54. The van der Waals surface area contributed by atoms with Crippen molar-refractivity contribution in [2.45, 2.75) is 6.92 Å². The molecule has 0 radical (unpaired) electrons. The zero-order chi connectivity index (χ0) is 9.84. The summed E-state index contributed by atoms with van der Waals surface area (Å²) in [4.78, 5) is 33.7. The summed E-state index contributed by atoms with van der Waals surface area (Å²) in [6.45, 7) is 2.27. The van der Waals surface area contributed by atoms with Gasteiger partial charge in [0.25, 0.3) is 0 Å². The molecule has 1 aliphatic rings. The average molecular weight is 186 g/mol. The van der Waals surface area contributed by atoms with Crippen molar-refractivity contribution in [1.29, 1.82) is 0 Å². The van der Waals surface area contributed by atoms with Crippen LogP contribution in [0.25, 0.3) is 0 Å². The lowest BCUT2D eigenvalue weighted by molar-refractivity contribution is -0.146. The van der Waals surface area contributed by atoms with Gasteiger partial charge in [0.2, 0.25) is 0 Å². The van der Waals surface area contributed by atoms with Gasteiger partial charge in [-0.05, 0) is 6.92 Å². The minimum Gasteiger partial charge on any atom is -0.449 e. The van der Waals surface area contributed by atoms with Crippen molar-refractivity contribution in [2.24, 2.45) is 0 Å². The average Bonchev–Trinajstić information content (AvgIpc) is 2.10. The molecule has 0 atom stereocenters. The highest BCUT2D eigenvalue weighted by atomic mass is 16.6. The van der Waals surface area contributed by atoms with E-state index in [1.807, 2.05) is 0 Å². The summed E-state index contributed by atoms with van der Waals surface area (Å²) in [5, 5.41) is 2.32. The second kappa shape index (κ2) is 3.88. The van der Waals surface area contributed by atoms with Crippen LogP contribution in [-0.2, 0) is 14.3 Å². The Morgan fingerprint density at radius 1 is 1.62 bits per heavy atom. The standard InChI is InChI=1S/C7H10N2O4/c1-2-13-7(12)9-4-3-8-5(10)6(9)11/h2-4H2,1H3,(H,8,10). The Bertz CT molecular complexity index is 251. The van der Waals surface area contributed by atoms with Crippen LogP contribution in [0.1, 0.15) is 6.92 Å². The van der Waals surface area contributed by atoms with Gasteiger partial charge in [0.05, 0.1) is 6.61 Å². The maximum absolute atomic E-state index is 11.1. The number of hydrogen-bond acceptors (Lipinski definition) is 4. The molecule has 72 valence electrons. The van der Waals surface area contributed by atoms with E-state index < -0.39 is 17.9 Å². The van der Waals surface area contributed by atoms with Crippen LogP contribution in [0.15, 0.2) is 0 Å². The molecule has 1 saturated heterocycles. The van der Waals surface area contributed by atoms with E-state index in [1.54, 1.807) is 6.92 Å². The van der Waals surface area contributed by atoms with Crippen LogP contribution in [0.4, 0.5) is 4.79 Å². The van der Waals surface area contributed by atoms with Gasteiger partial charge in [0.15, 0.2) is 0 Å². The van der Waals surface area contributed by atoms with Crippen LogP contribution >= 0.6 is 0 Å². The van der Waals surface area contributed by atoms with E-state index in [4.69, 9.17) is 0 Å². The summed E-state index contributed by atoms with van der Waals surface area (Å²) in [7, 11) is 0. The summed E-state index contributed by atoms with van der Waals surface area (Å²) < 4.78 is 4.59. The van der Waals surface area contributed by atoms with Gasteiger partial charge in [-0.25, -0.2) is 9.69 Å². The summed E-state index contributed by atoms with van der Waals surface area (Å²) in [6, 6.07) is 0. The van der Waals surface area contributed by atoms with Crippen molar-refractivity contribution in [1.82, 2.24) is 10.2 Å². The van der Waals surface area contributed by atoms with Crippen molar-refractivity contribution in [2.75, 3.05) is 19.7 Å². The topological polar surface area (TPSA) is 75.7 Å². The SMILES string of the molecule is CCOC(=O)N1CCNC(=O)C1=O. The lowest BCUT2D eigenvalue weighted by Gasteiger charge is -2.23. The molecule has 0 aromatic heterocycles. The van der Waals surface area contributed by atoms with Gasteiger partial charge in [0, 0.05) is 13.1 Å². The maximum atomic E-state index is 11.1. The Morgan fingerprint density at radius 2 is 2.31 bits per heavy atom. The number of carbonyl (C=O) groups excluding carboxylic acids is 3. The van der Waals surface area contributed by atoms with Crippen molar-refractivity contribution in [3.05, 3.63) is 0 Å². The van der Waals surface area contributed by atoms with Gasteiger partial charge >= 0.3 is 17.9 Å². The number of ether oxygens (including phenoxy) is 1. The smallest absolute Gasteiger partial charge is 0.416 e. The fraction of sp³-hybridized carbons (Fsp3) is 0.571. The second-order valence-electron chi connectivity index (χ2n) is 2.41. The maximum Gasteiger partial charge on any atom is 0.416 e. The molecule has 1 N–H and O–H groups in total. The predicted octanol–water partition coefficient (Wildman–Crippen LogP) is -0.899. The third kappa shape index (κ3) is 1.95. The first-order chi connectivity index (χ1) is 6.16. The van der Waals surface area contributed by atoms with Gasteiger partial charge in [-0.1, -0.05) is 0 Å². The highest BCUT2D eigenvalue weighted by Crippen LogP contribution is 1.98. The lowest BCUT2D eigenvalue weighted by atomic mass is 10.3. The molecular weight excluding hydrogens is 176 g/mol. The Balaban J connectivity index is 2.63. The number of nitrogens with zero attached hydrogens (tertiary/aromatic N) is 1. The molecule has 0 aliphatic carbocycles. The Morgan fingerprint density at radius 3 is 2.92 bits per heavy atom. The van der Waals surface area contributed by atoms with Gasteiger partial charge < -0.3 is 10.1 Å². The van der Waals surface area contributed by atoms with E-state index in [-0.39, 0.29) is 19.7 Å². The first kappa shape index (κ1) is 9.50. The van der Waals surface area contributed by atoms with Gasteiger partial charge in [0.1, 0.15) is 0 Å². The highest BCUT2D eigenvalue weighted by Gasteiger charge is 2.31. The molecule has 1 rings (SSSR count). The Labute approximate surface area is 74.8 Å². The summed E-state index contributed by atoms with van der Waals surface area (Å²) in [5.74, 6) is -1.62. The first-order valence-electron chi connectivity index (χ1n) is 3.93. The fourth-order valence-corrected chi connectivity index (χ4v) is 0.957. The molecule has 0 bridgehead atoms. The predicted molar refractivity (Wildman–Crippen MR) is 41.7 cm³/mol.